The number of benzene rings is 1. The molecule has 1 N–H and O–H groups in total. The lowest BCUT2D eigenvalue weighted by atomic mass is 9.99. The van der Waals surface area contributed by atoms with E-state index in [-0.39, 0.29) is 12.4 Å². The summed E-state index contributed by atoms with van der Waals surface area (Å²) in [7, 11) is 0. The van der Waals surface area contributed by atoms with E-state index >= 15 is 0 Å². The monoisotopic (exact) mass is 285 g/mol. The molecule has 106 valence electrons. The van der Waals surface area contributed by atoms with Crippen molar-refractivity contribution >= 4 is 11.8 Å². The molecule has 0 radical (unpaired) electrons. The normalized spacial score (nSPS) is 14.2. The molecule has 0 spiro atoms. The van der Waals surface area contributed by atoms with Crippen LogP contribution in [0.5, 0.6) is 0 Å². The molecule has 0 atom stereocenters. The van der Waals surface area contributed by atoms with Gasteiger partial charge in [0, 0.05) is 29.1 Å². The first-order valence-electron chi connectivity index (χ1n) is 6.35. The van der Waals surface area contributed by atoms with Gasteiger partial charge in [-0.05, 0) is 24.6 Å². The minimum Gasteiger partial charge on any atom is -0.442 e. The summed E-state index contributed by atoms with van der Waals surface area (Å²) >= 11 is 0. The summed E-state index contributed by atoms with van der Waals surface area (Å²) in [5.41, 5.74) is 5.41. The van der Waals surface area contributed by atoms with E-state index in [4.69, 9.17) is 4.74 Å². The summed E-state index contributed by atoms with van der Waals surface area (Å²) in [5.74, 6) is -0.372. The molecule has 6 heteroatoms. The molecule has 2 aromatic rings. The number of aromatic nitrogens is 1. The number of nitrogens with one attached hydrogen (secondary N) is 1. The van der Waals surface area contributed by atoms with Crippen molar-refractivity contribution in [1.29, 1.82) is 0 Å². The fraction of sp³-hybridized carbons (Fsp3) is 0.133. The molecule has 1 aliphatic rings. The number of ether oxygens (including phenoxy) is 1. The Morgan fingerprint density at radius 2 is 2.14 bits per heavy atom. The van der Waals surface area contributed by atoms with Crippen LogP contribution >= 0.6 is 0 Å². The lowest BCUT2D eigenvalue weighted by Crippen LogP contribution is -2.30. The molecule has 0 unspecified atom stereocenters. The number of pyridine rings is 1. The number of halogens is 1. The van der Waals surface area contributed by atoms with E-state index in [0.29, 0.717) is 16.8 Å². The van der Waals surface area contributed by atoms with Gasteiger partial charge in [-0.2, -0.15) is 5.10 Å². The van der Waals surface area contributed by atoms with Gasteiger partial charge in [-0.15, -0.1) is 0 Å². The van der Waals surface area contributed by atoms with Gasteiger partial charge in [-0.3, -0.25) is 4.98 Å². The third-order valence-electron chi connectivity index (χ3n) is 3.25. The number of carbonyl (C=O) groups excluding carboxylic acids is 1. The molecule has 0 aliphatic carbocycles. The summed E-state index contributed by atoms with van der Waals surface area (Å²) in [6.07, 6.45) is 2.69. The number of rotatable bonds is 2. The Hall–Kier alpha value is -2.76. The second-order valence-corrected chi connectivity index (χ2v) is 4.63. The molecule has 1 amide bonds. The van der Waals surface area contributed by atoms with E-state index in [1.54, 1.807) is 24.5 Å². The van der Waals surface area contributed by atoms with Crippen molar-refractivity contribution in [1.82, 2.24) is 10.4 Å². The maximum atomic E-state index is 14.3. The van der Waals surface area contributed by atoms with Crippen molar-refractivity contribution in [3.8, 4) is 11.1 Å². The van der Waals surface area contributed by atoms with Crippen LogP contribution in [0.3, 0.4) is 0 Å². The Morgan fingerprint density at radius 3 is 2.81 bits per heavy atom. The van der Waals surface area contributed by atoms with Gasteiger partial charge in [0.2, 0.25) is 0 Å². The van der Waals surface area contributed by atoms with Crippen molar-refractivity contribution in [2.24, 2.45) is 5.10 Å². The van der Waals surface area contributed by atoms with Crippen LogP contribution in [0.4, 0.5) is 9.18 Å². The molecular formula is C15H12FN3O2. The lowest BCUT2D eigenvalue weighted by molar-refractivity contribution is 0.157. The molecule has 0 saturated carbocycles. The lowest BCUT2D eigenvalue weighted by Gasteiger charge is -2.14. The zero-order chi connectivity index (χ0) is 14.8. The fourth-order valence-corrected chi connectivity index (χ4v) is 2.12. The topological polar surface area (TPSA) is 63.6 Å². The standard InChI is InChI=1S/C15H12FN3O2/c1-9-4-5-17-7-12(9)11-3-2-10(6-13(11)16)14-8-21-15(20)19-18-14/h2-7H,8H2,1H3,(H,19,20). The minimum absolute atomic E-state index is 0.0243. The molecule has 2 heterocycles. The van der Waals surface area contributed by atoms with Crippen LogP contribution < -0.4 is 5.43 Å². The number of hydrogen-bond acceptors (Lipinski definition) is 4. The Kier molecular flexibility index (Phi) is 3.35. The highest BCUT2D eigenvalue weighted by Crippen LogP contribution is 2.26. The van der Waals surface area contributed by atoms with Crippen molar-refractivity contribution in [2.45, 2.75) is 6.92 Å². The van der Waals surface area contributed by atoms with E-state index < -0.39 is 6.09 Å². The van der Waals surface area contributed by atoms with Crippen LogP contribution in [0.1, 0.15) is 11.1 Å². The zero-order valence-electron chi connectivity index (χ0n) is 11.3. The third-order valence-corrected chi connectivity index (χ3v) is 3.25. The highest BCUT2D eigenvalue weighted by Gasteiger charge is 2.16. The Labute approximate surface area is 120 Å². The maximum Gasteiger partial charge on any atom is 0.428 e. The molecule has 0 bridgehead atoms. The van der Waals surface area contributed by atoms with Gasteiger partial charge in [-0.25, -0.2) is 14.6 Å². The number of carbonyl (C=O) groups is 1. The molecule has 1 aromatic heterocycles. The summed E-state index contributed by atoms with van der Waals surface area (Å²) in [6, 6.07) is 6.62. The first-order chi connectivity index (χ1) is 10.1. The molecule has 0 saturated heterocycles. The second kappa shape index (κ2) is 5.32. The van der Waals surface area contributed by atoms with Gasteiger partial charge in [-0.1, -0.05) is 12.1 Å². The number of cyclic esters (lactones) is 1. The van der Waals surface area contributed by atoms with Gasteiger partial charge < -0.3 is 4.74 Å². The molecule has 0 fully saturated rings. The number of nitrogens with zero attached hydrogens (tertiary/aromatic N) is 2. The van der Waals surface area contributed by atoms with Crippen LogP contribution in [-0.2, 0) is 4.74 Å². The first kappa shape index (κ1) is 13.2. The van der Waals surface area contributed by atoms with E-state index in [1.165, 1.54) is 6.07 Å². The van der Waals surface area contributed by atoms with Crippen LogP contribution in [0, 0.1) is 12.7 Å². The highest BCUT2D eigenvalue weighted by atomic mass is 19.1. The average Bonchev–Trinajstić information content (AvgIpc) is 2.49. The maximum absolute atomic E-state index is 14.3. The summed E-state index contributed by atoms with van der Waals surface area (Å²) in [6.45, 7) is 1.93. The van der Waals surface area contributed by atoms with E-state index in [9.17, 15) is 9.18 Å². The number of amides is 1. The van der Waals surface area contributed by atoms with Crippen LogP contribution in [-0.4, -0.2) is 23.4 Å². The first-order valence-corrected chi connectivity index (χ1v) is 6.35. The quantitative estimate of drug-likeness (QED) is 0.922. The minimum atomic E-state index is -0.609. The predicted octanol–water partition coefficient (Wildman–Crippen LogP) is 2.64. The Morgan fingerprint density at radius 1 is 1.29 bits per heavy atom. The van der Waals surface area contributed by atoms with Crippen LogP contribution in [0.2, 0.25) is 0 Å². The number of hydrogen-bond donors (Lipinski definition) is 1. The van der Waals surface area contributed by atoms with E-state index in [2.05, 4.69) is 15.5 Å². The smallest absolute Gasteiger partial charge is 0.428 e. The number of aryl methyl sites for hydroxylation is 1. The SMILES string of the molecule is Cc1ccncc1-c1ccc(C2=NNC(=O)OC2)cc1F. The Balaban J connectivity index is 1.97. The van der Waals surface area contributed by atoms with Crippen LogP contribution in [0.15, 0.2) is 41.8 Å². The molecular weight excluding hydrogens is 273 g/mol. The summed E-state index contributed by atoms with van der Waals surface area (Å²) in [4.78, 5) is 14.9. The molecule has 1 aliphatic heterocycles. The van der Waals surface area contributed by atoms with Gasteiger partial charge in [0.25, 0.3) is 0 Å². The van der Waals surface area contributed by atoms with Crippen molar-refractivity contribution in [2.75, 3.05) is 6.61 Å². The van der Waals surface area contributed by atoms with Gasteiger partial charge in [0.15, 0.2) is 0 Å². The molecule has 21 heavy (non-hydrogen) atoms. The number of hydrazone groups is 1. The van der Waals surface area contributed by atoms with Crippen molar-refractivity contribution < 1.29 is 13.9 Å². The predicted molar refractivity (Wildman–Crippen MR) is 75.4 cm³/mol. The molecule has 5 nitrogen and oxygen atoms in total. The second-order valence-electron chi connectivity index (χ2n) is 4.63. The highest BCUT2D eigenvalue weighted by molar-refractivity contribution is 6.03. The van der Waals surface area contributed by atoms with E-state index in [0.717, 1.165) is 11.1 Å². The molecule has 3 rings (SSSR count). The summed E-state index contributed by atoms with van der Waals surface area (Å²) < 4.78 is 19.1. The van der Waals surface area contributed by atoms with Crippen LogP contribution in [0.25, 0.3) is 11.1 Å². The van der Waals surface area contributed by atoms with Crippen molar-refractivity contribution in [3.63, 3.8) is 0 Å². The Bertz CT molecular complexity index is 743. The van der Waals surface area contributed by atoms with Crippen molar-refractivity contribution in [3.05, 3.63) is 53.6 Å². The van der Waals surface area contributed by atoms with Gasteiger partial charge >= 0.3 is 6.09 Å². The average molecular weight is 285 g/mol. The largest absolute Gasteiger partial charge is 0.442 e. The van der Waals surface area contributed by atoms with Gasteiger partial charge in [0.05, 0.1) is 0 Å². The fourth-order valence-electron chi connectivity index (χ4n) is 2.12. The zero-order valence-corrected chi connectivity index (χ0v) is 11.3. The summed E-state index contributed by atoms with van der Waals surface area (Å²) in [5, 5.41) is 3.85. The third kappa shape index (κ3) is 2.60. The van der Waals surface area contributed by atoms with Gasteiger partial charge in [0.1, 0.15) is 18.1 Å². The van der Waals surface area contributed by atoms with E-state index in [1.807, 2.05) is 13.0 Å². The molecule has 1 aromatic carbocycles.